The molecular weight excluding hydrogens is 645 g/mol. The van der Waals surface area contributed by atoms with E-state index in [2.05, 4.69) is 20.9 Å². The summed E-state index contributed by atoms with van der Waals surface area (Å²) < 4.78 is 10.9. The number of aromatic nitrogens is 1. The highest BCUT2D eigenvalue weighted by Gasteiger charge is 2.19. The quantitative estimate of drug-likeness (QED) is 0.0916. The SMILES string of the molecule is COc1cccc(/C=C(\NC(=O)c2ccccc2)C(=O)Nc2ccc(SC(C)C(=O)Nc3nc(-c4ccc(C)cc4)cs3)cc2)c1OC. The fourth-order valence-corrected chi connectivity index (χ4v) is 6.18. The third kappa shape index (κ3) is 8.69. The van der Waals surface area contributed by atoms with Gasteiger partial charge in [0.1, 0.15) is 5.70 Å². The molecule has 0 saturated carbocycles. The Balaban J connectivity index is 1.25. The van der Waals surface area contributed by atoms with Crippen LogP contribution in [0.25, 0.3) is 17.3 Å². The van der Waals surface area contributed by atoms with Crippen molar-refractivity contribution in [2.24, 2.45) is 0 Å². The number of ether oxygens (including phenoxy) is 2. The first kappa shape index (κ1) is 34.0. The number of para-hydroxylation sites is 1. The maximum atomic E-state index is 13.5. The van der Waals surface area contributed by atoms with Crippen molar-refractivity contribution in [1.29, 1.82) is 0 Å². The van der Waals surface area contributed by atoms with Gasteiger partial charge >= 0.3 is 0 Å². The van der Waals surface area contributed by atoms with Gasteiger partial charge in [-0.05, 0) is 62.4 Å². The van der Waals surface area contributed by atoms with E-state index in [1.807, 2.05) is 55.6 Å². The van der Waals surface area contributed by atoms with Gasteiger partial charge in [-0.3, -0.25) is 14.4 Å². The highest BCUT2D eigenvalue weighted by atomic mass is 32.2. The Morgan fingerprint density at radius 2 is 1.58 bits per heavy atom. The monoisotopic (exact) mass is 678 g/mol. The number of hydrogen-bond donors (Lipinski definition) is 3. The molecule has 1 atom stereocenters. The summed E-state index contributed by atoms with van der Waals surface area (Å²) in [7, 11) is 3.03. The molecule has 0 aliphatic carbocycles. The third-order valence-corrected chi connectivity index (χ3v) is 9.01. The number of amides is 3. The van der Waals surface area contributed by atoms with Crippen LogP contribution in [0.5, 0.6) is 11.5 Å². The van der Waals surface area contributed by atoms with E-state index in [9.17, 15) is 14.4 Å². The van der Waals surface area contributed by atoms with Gasteiger partial charge in [-0.1, -0.05) is 60.2 Å². The van der Waals surface area contributed by atoms with Crippen molar-refractivity contribution in [1.82, 2.24) is 10.3 Å². The summed E-state index contributed by atoms with van der Waals surface area (Å²) in [6.07, 6.45) is 1.54. The average Bonchev–Trinajstić information content (AvgIpc) is 3.57. The molecule has 3 N–H and O–H groups in total. The van der Waals surface area contributed by atoms with Gasteiger partial charge in [0, 0.05) is 32.7 Å². The number of benzene rings is 4. The average molecular weight is 679 g/mol. The molecule has 1 aromatic heterocycles. The summed E-state index contributed by atoms with van der Waals surface area (Å²) in [6.45, 7) is 3.85. The number of thiazole rings is 1. The standard InChI is InChI=1S/C37H34N4O5S2/c1-23-13-15-25(16-14-23)31-22-47-37(40-31)41-34(42)24(2)48-29-19-17-28(18-20-29)38-36(44)30(39-35(43)26-9-6-5-7-10-26)21-27-11-8-12-32(45-3)33(27)46-4/h5-22,24H,1-4H3,(H,38,44)(H,39,43)(H,40,41,42)/b30-21-. The first-order chi connectivity index (χ1) is 23.2. The number of anilines is 2. The number of methoxy groups -OCH3 is 2. The van der Waals surface area contributed by atoms with Gasteiger partial charge in [-0.15, -0.1) is 23.1 Å². The summed E-state index contributed by atoms with van der Waals surface area (Å²) in [4.78, 5) is 44.9. The molecule has 0 bridgehead atoms. The normalized spacial score (nSPS) is 11.7. The molecule has 48 heavy (non-hydrogen) atoms. The number of hydrogen-bond acceptors (Lipinski definition) is 8. The van der Waals surface area contributed by atoms with Crippen molar-refractivity contribution in [2.75, 3.05) is 24.9 Å². The molecular formula is C37H34N4O5S2. The van der Waals surface area contributed by atoms with E-state index < -0.39 is 17.1 Å². The second-order valence-electron chi connectivity index (χ2n) is 10.6. The van der Waals surface area contributed by atoms with Crippen LogP contribution in [0.2, 0.25) is 0 Å². The van der Waals surface area contributed by atoms with Crippen molar-refractivity contribution in [3.63, 3.8) is 0 Å². The molecule has 0 aliphatic rings. The molecule has 0 saturated heterocycles. The van der Waals surface area contributed by atoms with Crippen molar-refractivity contribution >= 4 is 57.7 Å². The Bertz CT molecular complexity index is 1920. The van der Waals surface area contributed by atoms with Crippen molar-refractivity contribution in [3.05, 3.63) is 125 Å². The van der Waals surface area contributed by atoms with Crippen LogP contribution < -0.4 is 25.4 Å². The van der Waals surface area contributed by atoms with Gasteiger partial charge < -0.3 is 25.4 Å². The van der Waals surface area contributed by atoms with E-state index in [0.29, 0.717) is 33.4 Å². The van der Waals surface area contributed by atoms with Gasteiger partial charge in [0.25, 0.3) is 11.8 Å². The molecule has 5 rings (SSSR count). The molecule has 0 fully saturated rings. The Labute approximate surface area is 287 Å². The molecule has 3 amide bonds. The van der Waals surface area contributed by atoms with Crippen LogP contribution in [0.1, 0.15) is 28.4 Å². The smallest absolute Gasteiger partial charge is 0.272 e. The molecule has 1 unspecified atom stereocenters. The number of aryl methyl sites for hydroxylation is 1. The number of rotatable bonds is 12. The molecule has 9 nitrogen and oxygen atoms in total. The van der Waals surface area contributed by atoms with E-state index >= 15 is 0 Å². The van der Waals surface area contributed by atoms with E-state index in [1.54, 1.807) is 60.7 Å². The van der Waals surface area contributed by atoms with Crippen LogP contribution in [0.4, 0.5) is 10.8 Å². The minimum absolute atomic E-state index is 0.00636. The van der Waals surface area contributed by atoms with Crippen LogP contribution in [-0.4, -0.2) is 42.2 Å². The fourth-order valence-electron chi connectivity index (χ4n) is 4.59. The van der Waals surface area contributed by atoms with Crippen LogP contribution in [0, 0.1) is 6.92 Å². The van der Waals surface area contributed by atoms with Crippen LogP contribution in [0.3, 0.4) is 0 Å². The first-order valence-electron chi connectivity index (χ1n) is 14.9. The molecule has 1 heterocycles. The maximum Gasteiger partial charge on any atom is 0.272 e. The summed E-state index contributed by atoms with van der Waals surface area (Å²) in [5.74, 6) is -0.248. The van der Waals surface area contributed by atoms with Crippen molar-refractivity contribution in [3.8, 4) is 22.8 Å². The van der Waals surface area contributed by atoms with E-state index in [1.165, 1.54) is 49.0 Å². The van der Waals surface area contributed by atoms with E-state index in [0.717, 1.165) is 16.2 Å². The Kier molecular flexibility index (Phi) is 11.3. The maximum absolute atomic E-state index is 13.5. The van der Waals surface area contributed by atoms with Crippen molar-refractivity contribution in [2.45, 2.75) is 24.0 Å². The Morgan fingerprint density at radius 1 is 0.854 bits per heavy atom. The summed E-state index contributed by atoms with van der Waals surface area (Å²) >= 11 is 2.76. The fraction of sp³-hybridized carbons (Fsp3) is 0.135. The lowest BCUT2D eigenvalue weighted by Crippen LogP contribution is -2.30. The Hall–Kier alpha value is -5.39. The van der Waals surface area contributed by atoms with Gasteiger partial charge in [-0.25, -0.2) is 4.98 Å². The lowest BCUT2D eigenvalue weighted by molar-refractivity contribution is -0.115. The second kappa shape index (κ2) is 15.9. The highest BCUT2D eigenvalue weighted by molar-refractivity contribution is 8.00. The minimum Gasteiger partial charge on any atom is -0.493 e. The lowest BCUT2D eigenvalue weighted by Gasteiger charge is -2.14. The number of carbonyl (C=O) groups is 3. The van der Waals surface area contributed by atoms with Crippen LogP contribution in [-0.2, 0) is 9.59 Å². The van der Waals surface area contributed by atoms with E-state index in [4.69, 9.17) is 9.47 Å². The van der Waals surface area contributed by atoms with Crippen LogP contribution in [0.15, 0.2) is 113 Å². The predicted octanol–water partition coefficient (Wildman–Crippen LogP) is 7.66. The third-order valence-electron chi connectivity index (χ3n) is 7.14. The zero-order chi connectivity index (χ0) is 34.0. The van der Waals surface area contributed by atoms with Gasteiger partial charge in [0.15, 0.2) is 16.6 Å². The minimum atomic E-state index is -0.536. The number of nitrogens with one attached hydrogen (secondary N) is 3. The summed E-state index contributed by atoms with van der Waals surface area (Å²) in [6, 6.07) is 29.1. The second-order valence-corrected chi connectivity index (χ2v) is 12.9. The largest absolute Gasteiger partial charge is 0.493 e. The zero-order valence-electron chi connectivity index (χ0n) is 26.8. The molecule has 0 aliphatic heterocycles. The molecule has 0 radical (unpaired) electrons. The first-order valence-corrected chi connectivity index (χ1v) is 16.7. The Morgan fingerprint density at radius 3 is 2.27 bits per heavy atom. The summed E-state index contributed by atoms with van der Waals surface area (Å²) in [5.41, 5.74) is 4.43. The lowest BCUT2D eigenvalue weighted by atomic mass is 10.1. The summed E-state index contributed by atoms with van der Waals surface area (Å²) in [5, 5.41) is 10.5. The molecule has 4 aromatic carbocycles. The van der Waals surface area contributed by atoms with E-state index in [-0.39, 0.29) is 11.6 Å². The zero-order valence-corrected chi connectivity index (χ0v) is 28.4. The number of carbonyl (C=O) groups excluding carboxylic acids is 3. The van der Waals surface area contributed by atoms with Gasteiger partial charge in [0.2, 0.25) is 5.91 Å². The van der Waals surface area contributed by atoms with Crippen LogP contribution >= 0.6 is 23.1 Å². The molecule has 11 heteroatoms. The molecule has 0 spiro atoms. The molecule has 5 aromatic rings. The number of thioether (sulfide) groups is 1. The number of nitrogens with zero attached hydrogens (tertiary/aromatic N) is 1. The van der Waals surface area contributed by atoms with Gasteiger partial charge in [-0.2, -0.15) is 0 Å². The van der Waals surface area contributed by atoms with Gasteiger partial charge in [0.05, 0.1) is 25.2 Å². The molecule has 244 valence electrons. The highest BCUT2D eigenvalue weighted by Crippen LogP contribution is 2.32. The topological polar surface area (TPSA) is 119 Å². The van der Waals surface area contributed by atoms with Crippen molar-refractivity contribution < 1.29 is 23.9 Å². The predicted molar refractivity (Wildman–Crippen MR) is 193 cm³/mol.